The second-order valence-corrected chi connectivity index (χ2v) is 4.60. The lowest BCUT2D eigenvalue weighted by molar-refractivity contribution is 0.451. The summed E-state index contributed by atoms with van der Waals surface area (Å²) in [6, 6.07) is 5.06. The van der Waals surface area contributed by atoms with Crippen LogP contribution in [0.5, 0.6) is 0 Å². The zero-order valence-corrected chi connectivity index (χ0v) is 8.40. The van der Waals surface area contributed by atoms with Crippen LogP contribution in [0.4, 0.5) is 4.39 Å². The standard InChI is InChI=1S/C11H10FNS/c12-8-1-2-9-10(7-4-13-5-7)6-14-11(9)3-8/h1-3,6-7,13H,4-5H2. The van der Waals surface area contributed by atoms with Gasteiger partial charge in [0.2, 0.25) is 0 Å². The predicted octanol–water partition coefficient (Wildman–Crippen LogP) is 2.73. The molecule has 0 saturated carbocycles. The van der Waals surface area contributed by atoms with Crippen molar-refractivity contribution in [2.45, 2.75) is 5.92 Å². The minimum absolute atomic E-state index is 0.141. The molecule has 72 valence electrons. The second-order valence-electron chi connectivity index (χ2n) is 3.69. The number of rotatable bonds is 1. The van der Waals surface area contributed by atoms with Gasteiger partial charge in [0.1, 0.15) is 5.82 Å². The van der Waals surface area contributed by atoms with Crippen LogP contribution in [0.25, 0.3) is 10.1 Å². The molecule has 14 heavy (non-hydrogen) atoms. The Labute approximate surface area is 85.6 Å². The number of fused-ring (bicyclic) bond motifs is 1. The molecule has 0 spiro atoms. The van der Waals surface area contributed by atoms with Crippen molar-refractivity contribution in [3.63, 3.8) is 0 Å². The third-order valence-electron chi connectivity index (χ3n) is 2.79. The van der Waals surface area contributed by atoms with Gasteiger partial charge in [-0.15, -0.1) is 11.3 Å². The molecular formula is C11H10FNS. The molecule has 1 fully saturated rings. The van der Waals surface area contributed by atoms with Gasteiger partial charge < -0.3 is 5.32 Å². The molecule has 1 aromatic heterocycles. The minimum atomic E-state index is -0.141. The lowest BCUT2D eigenvalue weighted by Crippen LogP contribution is -2.39. The number of benzene rings is 1. The molecule has 2 aromatic rings. The third kappa shape index (κ3) is 1.16. The van der Waals surface area contributed by atoms with Gasteiger partial charge in [-0.2, -0.15) is 0 Å². The van der Waals surface area contributed by atoms with E-state index in [0.717, 1.165) is 17.8 Å². The van der Waals surface area contributed by atoms with E-state index in [1.54, 1.807) is 23.5 Å². The Hall–Kier alpha value is -0.930. The Bertz CT molecular complexity index is 473. The van der Waals surface area contributed by atoms with Crippen LogP contribution in [0, 0.1) is 5.82 Å². The highest BCUT2D eigenvalue weighted by Crippen LogP contribution is 2.33. The highest BCUT2D eigenvalue weighted by molar-refractivity contribution is 7.17. The number of nitrogens with one attached hydrogen (secondary N) is 1. The largest absolute Gasteiger partial charge is 0.315 e. The van der Waals surface area contributed by atoms with Gasteiger partial charge in [0.25, 0.3) is 0 Å². The summed E-state index contributed by atoms with van der Waals surface area (Å²) in [5, 5.41) is 6.64. The molecule has 0 unspecified atom stereocenters. The van der Waals surface area contributed by atoms with E-state index in [9.17, 15) is 4.39 Å². The lowest BCUT2D eigenvalue weighted by atomic mass is 9.93. The van der Waals surface area contributed by atoms with Crippen molar-refractivity contribution in [1.29, 1.82) is 0 Å². The number of halogens is 1. The maximum Gasteiger partial charge on any atom is 0.124 e. The molecule has 2 heterocycles. The summed E-state index contributed by atoms with van der Waals surface area (Å²) in [4.78, 5) is 0. The average Bonchev–Trinajstić information content (AvgIpc) is 2.45. The highest BCUT2D eigenvalue weighted by Gasteiger charge is 2.21. The fourth-order valence-electron chi connectivity index (χ4n) is 1.85. The quantitative estimate of drug-likeness (QED) is 0.758. The van der Waals surface area contributed by atoms with E-state index >= 15 is 0 Å². The number of thiophene rings is 1. The van der Waals surface area contributed by atoms with E-state index in [-0.39, 0.29) is 5.82 Å². The Morgan fingerprint density at radius 3 is 2.93 bits per heavy atom. The van der Waals surface area contributed by atoms with E-state index in [4.69, 9.17) is 0 Å². The SMILES string of the molecule is Fc1ccc2c(C3CNC3)csc2c1. The van der Waals surface area contributed by atoms with E-state index in [2.05, 4.69) is 10.7 Å². The molecule has 0 amide bonds. The van der Waals surface area contributed by atoms with E-state index in [1.807, 2.05) is 6.07 Å². The highest BCUT2D eigenvalue weighted by atomic mass is 32.1. The molecule has 3 heteroatoms. The van der Waals surface area contributed by atoms with Gasteiger partial charge in [-0.05, 0) is 28.5 Å². The van der Waals surface area contributed by atoms with Crippen molar-refractivity contribution in [3.05, 3.63) is 35.0 Å². The first kappa shape index (κ1) is 8.38. The molecule has 1 aliphatic heterocycles. The molecule has 0 atom stereocenters. The second kappa shape index (κ2) is 3.04. The summed E-state index contributed by atoms with van der Waals surface area (Å²) in [5.41, 5.74) is 1.38. The number of hydrogen-bond donors (Lipinski definition) is 1. The van der Waals surface area contributed by atoms with E-state index in [1.165, 1.54) is 10.9 Å². The minimum Gasteiger partial charge on any atom is -0.315 e. The molecule has 0 aliphatic carbocycles. The molecule has 1 nitrogen and oxygen atoms in total. The van der Waals surface area contributed by atoms with Crippen LogP contribution < -0.4 is 5.32 Å². The van der Waals surface area contributed by atoms with Crippen molar-refractivity contribution < 1.29 is 4.39 Å². The Kier molecular flexibility index (Phi) is 1.82. The van der Waals surface area contributed by atoms with Gasteiger partial charge >= 0.3 is 0 Å². The Morgan fingerprint density at radius 2 is 2.21 bits per heavy atom. The predicted molar refractivity (Wildman–Crippen MR) is 57.4 cm³/mol. The van der Waals surface area contributed by atoms with Crippen LogP contribution in [-0.4, -0.2) is 13.1 Å². The Morgan fingerprint density at radius 1 is 1.36 bits per heavy atom. The van der Waals surface area contributed by atoms with E-state index in [0.29, 0.717) is 5.92 Å². The summed E-state index contributed by atoms with van der Waals surface area (Å²) in [5.74, 6) is 0.492. The monoisotopic (exact) mass is 207 g/mol. The molecule has 1 aliphatic rings. The number of hydrogen-bond acceptors (Lipinski definition) is 2. The van der Waals surface area contributed by atoms with Gasteiger partial charge in [0.05, 0.1) is 0 Å². The summed E-state index contributed by atoms with van der Waals surface area (Å²) in [6.45, 7) is 2.12. The van der Waals surface area contributed by atoms with Crippen molar-refractivity contribution in [2.24, 2.45) is 0 Å². The molecule has 3 rings (SSSR count). The van der Waals surface area contributed by atoms with Crippen LogP contribution in [0.15, 0.2) is 23.6 Å². The van der Waals surface area contributed by atoms with Crippen molar-refractivity contribution in [2.75, 3.05) is 13.1 Å². The topological polar surface area (TPSA) is 12.0 Å². The Balaban J connectivity index is 2.16. The van der Waals surface area contributed by atoms with Gasteiger partial charge in [0, 0.05) is 23.7 Å². The summed E-state index contributed by atoms with van der Waals surface area (Å²) in [7, 11) is 0. The van der Waals surface area contributed by atoms with Crippen molar-refractivity contribution in [1.82, 2.24) is 5.32 Å². The first-order valence-corrected chi connectivity index (χ1v) is 5.60. The van der Waals surface area contributed by atoms with Crippen LogP contribution >= 0.6 is 11.3 Å². The summed E-state index contributed by atoms with van der Waals surface area (Å²) < 4.78 is 14.0. The van der Waals surface area contributed by atoms with Crippen LogP contribution in [-0.2, 0) is 0 Å². The van der Waals surface area contributed by atoms with Gasteiger partial charge in [-0.3, -0.25) is 0 Å². The van der Waals surface area contributed by atoms with Crippen LogP contribution in [0.3, 0.4) is 0 Å². The third-order valence-corrected chi connectivity index (χ3v) is 3.75. The lowest BCUT2D eigenvalue weighted by Gasteiger charge is -2.26. The molecule has 0 bridgehead atoms. The average molecular weight is 207 g/mol. The molecule has 1 N–H and O–H groups in total. The molecular weight excluding hydrogens is 197 g/mol. The zero-order chi connectivity index (χ0) is 9.54. The first-order chi connectivity index (χ1) is 6.84. The van der Waals surface area contributed by atoms with Crippen molar-refractivity contribution >= 4 is 21.4 Å². The fourth-order valence-corrected chi connectivity index (χ4v) is 2.91. The molecule has 1 aromatic carbocycles. The molecule has 0 radical (unpaired) electrons. The maximum absolute atomic E-state index is 12.9. The van der Waals surface area contributed by atoms with E-state index < -0.39 is 0 Å². The van der Waals surface area contributed by atoms with Gasteiger partial charge in [-0.25, -0.2) is 4.39 Å². The van der Waals surface area contributed by atoms with Gasteiger partial charge in [-0.1, -0.05) is 6.07 Å². The van der Waals surface area contributed by atoms with Gasteiger partial charge in [0.15, 0.2) is 0 Å². The summed E-state index contributed by atoms with van der Waals surface area (Å²) in [6.07, 6.45) is 0. The normalized spacial score (nSPS) is 17.2. The molecule has 1 saturated heterocycles. The smallest absolute Gasteiger partial charge is 0.124 e. The zero-order valence-electron chi connectivity index (χ0n) is 7.59. The maximum atomic E-state index is 12.9. The van der Waals surface area contributed by atoms with Crippen LogP contribution in [0.1, 0.15) is 11.5 Å². The van der Waals surface area contributed by atoms with Crippen molar-refractivity contribution in [3.8, 4) is 0 Å². The summed E-state index contributed by atoms with van der Waals surface area (Å²) >= 11 is 1.64. The fraction of sp³-hybridized carbons (Fsp3) is 0.273. The first-order valence-electron chi connectivity index (χ1n) is 4.72. The van der Waals surface area contributed by atoms with Crippen LogP contribution in [0.2, 0.25) is 0 Å².